The molecule has 0 saturated heterocycles. The van der Waals surface area contributed by atoms with Crippen LogP contribution in [0, 0.1) is 0 Å². The van der Waals surface area contributed by atoms with Gasteiger partial charge in [0.1, 0.15) is 6.17 Å². The number of hydrogen-bond acceptors (Lipinski definition) is 3. The van der Waals surface area contributed by atoms with Gasteiger partial charge in [0.25, 0.3) is 0 Å². The summed E-state index contributed by atoms with van der Waals surface area (Å²) in [7, 11) is 2.10. The van der Waals surface area contributed by atoms with Crippen molar-refractivity contribution < 1.29 is 0 Å². The van der Waals surface area contributed by atoms with E-state index in [9.17, 15) is 0 Å². The molecular weight excluding hydrogens is 416 g/mol. The van der Waals surface area contributed by atoms with E-state index in [1.54, 1.807) is 0 Å². The van der Waals surface area contributed by atoms with E-state index >= 15 is 0 Å². The van der Waals surface area contributed by atoms with E-state index in [2.05, 4.69) is 126 Å². The summed E-state index contributed by atoms with van der Waals surface area (Å²) in [4.78, 5) is 6.86. The van der Waals surface area contributed by atoms with Gasteiger partial charge in [0.2, 0.25) is 0 Å². The fourth-order valence-corrected chi connectivity index (χ4v) is 5.14. The van der Waals surface area contributed by atoms with Crippen LogP contribution in [0.4, 0.5) is 0 Å². The number of rotatable bonds is 4. The Hall–Kier alpha value is -4.05. The minimum Gasteiger partial charge on any atom is -0.366 e. The molecule has 4 heteroatoms. The monoisotopic (exact) mass is 444 g/mol. The summed E-state index contributed by atoms with van der Waals surface area (Å²) >= 11 is 0. The second kappa shape index (κ2) is 7.77. The first-order valence-corrected chi connectivity index (χ1v) is 11.7. The second-order valence-electron chi connectivity index (χ2n) is 9.57. The fraction of sp³-hybridized carbons (Fsp3) is 0.167. The van der Waals surface area contributed by atoms with Crippen LogP contribution in [0.2, 0.25) is 0 Å². The molecule has 1 N–H and O–H groups in total. The molecule has 34 heavy (non-hydrogen) atoms. The lowest BCUT2D eigenvalue weighted by Crippen LogP contribution is -2.23. The molecular formula is C30H28N4. The third-order valence-electron chi connectivity index (χ3n) is 7.12. The minimum atomic E-state index is -0.205. The molecule has 1 aliphatic heterocycles. The first kappa shape index (κ1) is 20.5. The molecule has 0 saturated carbocycles. The summed E-state index contributed by atoms with van der Waals surface area (Å²) in [6.07, 6.45) is 6.10. The van der Waals surface area contributed by atoms with E-state index < -0.39 is 0 Å². The van der Waals surface area contributed by atoms with Crippen LogP contribution in [0.5, 0.6) is 0 Å². The Balaban J connectivity index is 1.56. The summed E-state index contributed by atoms with van der Waals surface area (Å²) < 4.78 is 2.40. The number of para-hydroxylation sites is 1. The number of aromatic nitrogens is 2. The normalized spacial score (nSPS) is 15.9. The SMILES string of the molecule is CN1C=CNC1c1ccc2c3ccccc3n(-c3cccc(C(C)(C)c4ccccn4)c3)c2c1. The van der Waals surface area contributed by atoms with Gasteiger partial charge in [-0.25, -0.2) is 0 Å². The maximum Gasteiger partial charge on any atom is 0.125 e. The third kappa shape index (κ3) is 3.18. The largest absolute Gasteiger partial charge is 0.366 e. The van der Waals surface area contributed by atoms with Gasteiger partial charge in [-0.2, -0.15) is 0 Å². The molecule has 168 valence electrons. The Morgan fingerprint density at radius 1 is 0.824 bits per heavy atom. The smallest absolute Gasteiger partial charge is 0.125 e. The molecule has 0 fully saturated rings. The minimum absolute atomic E-state index is 0.144. The Morgan fingerprint density at radius 2 is 1.65 bits per heavy atom. The number of hydrogen-bond donors (Lipinski definition) is 1. The molecule has 0 spiro atoms. The average molecular weight is 445 g/mol. The van der Waals surface area contributed by atoms with Crippen LogP contribution in [-0.4, -0.2) is 21.5 Å². The lowest BCUT2D eigenvalue weighted by Gasteiger charge is -2.25. The molecule has 3 heterocycles. The molecule has 0 bridgehead atoms. The van der Waals surface area contributed by atoms with Gasteiger partial charge in [0.05, 0.1) is 16.7 Å². The summed E-state index contributed by atoms with van der Waals surface area (Å²) in [6.45, 7) is 4.49. The van der Waals surface area contributed by atoms with Crippen LogP contribution < -0.4 is 5.32 Å². The fourth-order valence-electron chi connectivity index (χ4n) is 5.14. The Labute approximate surface area is 200 Å². The highest BCUT2D eigenvalue weighted by Crippen LogP contribution is 2.36. The zero-order valence-electron chi connectivity index (χ0n) is 19.7. The van der Waals surface area contributed by atoms with E-state index in [0.29, 0.717) is 0 Å². The number of benzene rings is 3. The maximum absolute atomic E-state index is 4.66. The van der Waals surface area contributed by atoms with Crippen molar-refractivity contribution in [1.29, 1.82) is 0 Å². The summed E-state index contributed by atoms with van der Waals surface area (Å²) in [5.74, 6) is 0. The third-order valence-corrected chi connectivity index (χ3v) is 7.12. The van der Waals surface area contributed by atoms with Crippen LogP contribution in [-0.2, 0) is 5.41 Å². The van der Waals surface area contributed by atoms with Gasteiger partial charge >= 0.3 is 0 Å². The molecule has 0 amide bonds. The standard InChI is InChI=1S/C30H28N4/c1-30(2,28-13-6-7-16-31-28)22-9-8-10-23(20-22)34-26-12-5-4-11-24(26)25-15-14-21(19-27(25)34)29-32-17-18-33(29)3/h4-20,29,32H,1-3H3. The number of fused-ring (bicyclic) bond motifs is 3. The van der Waals surface area contributed by atoms with E-state index in [4.69, 9.17) is 0 Å². The molecule has 4 nitrogen and oxygen atoms in total. The Bertz CT molecular complexity index is 1530. The lowest BCUT2D eigenvalue weighted by atomic mass is 9.81. The van der Waals surface area contributed by atoms with Crippen molar-refractivity contribution in [3.05, 3.63) is 120 Å². The van der Waals surface area contributed by atoms with Crippen molar-refractivity contribution >= 4 is 21.8 Å². The number of nitrogens with one attached hydrogen (secondary N) is 1. The van der Waals surface area contributed by atoms with Crippen LogP contribution >= 0.6 is 0 Å². The molecule has 1 unspecified atom stereocenters. The maximum atomic E-state index is 4.66. The van der Waals surface area contributed by atoms with E-state index in [1.807, 2.05) is 18.5 Å². The van der Waals surface area contributed by atoms with Gasteiger partial charge in [-0.3, -0.25) is 4.98 Å². The van der Waals surface area contributed by atoms with Crippen LogP contribution in [0.3, 0.4) is 0 Å². The average Bonchev–Trinajstić information content (AvgIpc) is 3.45. The van der Waals surface area contributed by atoms with Gasteiger partial charge < -0.3 is 14.8 Å². The highest BCUT2D eigenvalue weighted by Gasteiger charge is 2.25. The van der Waals surface area contributed by atoms with E-state index in [-0.39, 0.29) is 11.6 Å². The first-order chi connectivity index (χ1) is 16.5. The van der Waals surface area contributed by atoms with E-state index in [1.165, 1.54) is 32.9 Å². The van der Waals surface area contributed by atoms with Crippen LogP contribution in [0.25, 0.3) is 27.5 Å². The van der Waals surface area contributed by atoms with Crippen molar-refractivity contribution in [1.82, 2.24) is 19.8 Å². The van der Waals surface area contributed by atoms with Crippen molar-refractivity contribution in [2.45, 2.75) is 25.4 Å². The Morgan fingerprint density at radius 3 is 2.44 bits per heavy atom. The van der Waals surface area contributed by atoms with Crippen molar-refractivity contribution in [2.75, 3.05) is 7.05 Å². The Kier molecular flexibility index (Phi) is 4.70. The zero-order valence-corrected chi connectivity index (χ0v) is 19.7. The van der Waals surface area contributed by atoms with Gasteiger partial charge in [0.15, 0.2) is 0 Å². The summed E-state index contributed by atoms with van der Waals surface area (Å²) in [5, 5.41) is 5.99. The van der Waals surface area contributed by atoms with Gasteiger partial charge in [-0.1, -0.05) is 62.4 Å². The van der Waals surface area contributed by atoms with Gasteiger partial charge in [-0.15, -0.1) is 0 Å². The van der Waals surface area contributed by atoms with Crippen LogP contribution in [0.15, 0.2) is 104 Å². The van der Waals surface area contributed by atoms with E-state index in [0.717, 1.165) is 11.4 Å². The second-order valence-corrected chi connectivity index (χ2v) is 9.57. The first-order valence-electron chi connectivity index (χ1n) is 11.7. The molecule has 6 rings (SSSR count). The molecule has 2 aromatic heterocycles. The van der Waals surface area contributed by atoms with Gasteiger partial charge in [-0.05, 0) is 47.5 Å². The zero-order chi connectivity index (χ0) is 23.3. The predicted octanol–water partition coefficient (Wildman–Crippen LogP) is 6.51. The molecule has 0 radical (unpaired) electrons. The topological polar surface area (TPSA) is 33.1 Å². The summed E-state index contributed by atoms with van der Waals surface area (Å²) in [6, 6.07) is 30.5. The quantitative estimate of drug-likeness (QED) is 0.343. The molecule has 1 aliphatic rings. The van der Waals surface area contributed by atoms with Crippen molar-refractivity contribution in [3.8, 4) is 5.69 Å². The lowest BCUT2D eigenvalue weighted by molar-refractivity contribution is 0.340. The molecule has 0 aliphatic carbocycles. The predicted molar refractivity (Wildman–Crippen MR) is 140 cm³/mol. The molecule has 1 atom stereocenters. The number of nitrogens with zero attached hydrogens (tertiary/aromatic N) is 3. The number of pyridine rings is 1. The van der Waals surface area contributed by atoms with Gasteiger partial charge in [0, 0.05) is 47.5 Å². The molecule has 5 aromatic rings. The molecule has 3 aromatic carbocycles. The van der Waals surface area contributed by atoms with Crippen molar-refractivity contribution in [2.24, 2.45) is 0 Å². The van der Waals surface area contributed by atoms with Crippen molar-refractivity contribution in [3.63, 3.8) is 0 Å². The highest BCUT2D eigenvalue weighted by molar-refractivity contribution is 6.09. The summed E-state index contributed by atoms with van der Waals surface area (Å²) in [5.41, 5.74) is 6.95. The van der Waals surface area contributed by atoms with Crippen LogP contribution in [0.1, 0.15) is 36.8 Å². The highest BCUT2D eigenvalue weighted by atomic mass is 15.3.